The van der Waals surface area contributed by atoms with Gasteiger partial charge in [-0.05, 0) is 44.5 Å². The molecule has 4 aliphatic rings. The van der Waals surface area contributed by atoms with Gasteiger partial charge < -0.3 is 55.5 Å². The molecule has 4 aromatic carbocycles. The minimum absolute atomic E-state index is 0.0202. The summed E-state index contributed by atoms with van der Waals surface area (Å²) in [4.78, 5) is 51.5. The highest BCUT2D eigenvalue weighted by Crippen LogP contribution is 2.46. The zero-order valence-electron chi connectivity index (χ0n) is 40.4. The van der Waals surface area contributed by atoms with E-state index in [1.54, 1.807) is 0 Å². The van der Waals surface area contributed by atoms with E-state index in [2.05, 4.69) is 17.4 Å². The summed E-state index contributed by atoms with van der Waals surface area (Å²) in [6.45, 7) is 3.70. The number of aliphatic hydroxyl groups is 4. The van der Waals surface area contributed by atoms with Gasteiger partial charge in [0.1, 0.15) is 25.3 Å². The van der Waals surface area contributed by atoms with Crippen molar-refractivity contribution in [1.82, 2.24) is 15.1 Å². The van der Waals surface area contributed by atoms with Crippen LogP contribution in [0.1, 0.15) is 69.9 Å². The molecular formula is C51H66N4O13. The van der Waals surface area contributed by atoms with Gasteiger partial charge in [-0.2, -0.15) is 0 Å². The van der Waals surface area contributed by atoms with Gasteiger partial charge in [0.15, 0.2) is 0 Å². The first-order chi connectivity index (χ1) is 33.8. The van der Waals surface area contributed by atoms with Crippen LogP contribution in [0.2, 0.25) is 0 Å². The van der Waals surface area contributed by atoms with Crippen LogP contribution in [0.4, 0.5) is 9.59 Å². The molecule has 2 aliphatic heterocycles. The van der Waals surface area contributed by atoms with Crippen LogP contribution in [0.15, 0.2) is 97.1 Å². The third-order valence-electron chi connectivity index (χ3n) is 11.6. The summed E-state index contributed by atoms with van der Waals surface area (Å²) in [6, 6.07) is 30.3. The monoisotopic (exact) mass is 945 g/mol. The number of fused-ring (bicyclic) bond motifs is 6. The lowest BCUT2D eigenvalue weighted by Crippen LogP contribution is -2.47. The number of carboxylic acid groups (broad SMARTS) is 1. The lowest BCUT2D eigenvalue weighted by Gasteiger charge is -2.24. The van der Waals surface area contributed by atoms with Gasteiger partial charge >= 0.3 is 18.2 Å². The van der Waals surface area contributed by atoms with Crippen molar-refractivity contribution in [2.75, 3.05) is 79.0 Å². The second kappa shape index (κ2) is 27.2. The Morgan fingerprint density at radius 1 is 0.676 bits per heavy atom. The van der Waals surface area contributed by atoms with Gasteiger partial charge in [0.25, 0.3) is 0 Å². The molecule has 8 rings (SSSR count). The Balaban J connectivity index is 0.000000214. The van der Waals surface area contributed by atoms with E-state index in [1.165, 1.54) is 4.90 Å². The normalized spacial score (nSPS) is 19.4. The summed E-state index contributed by atoms with van der Waals surface area (Å²) in [5.41, 5.74) is 14.0. The fraction of sp³-hybridized carbons (Fsp3) is 0.451. The van der Waals surface area contributed by atoms with E-state index < -0.39 is 49.3 Å². The number of β-amino-alcohol motifs (C(OH)–C–C–N with tert-alkyl or cyclic N) is 2. The smallest absolute Gasteiger partial charge is 0.410 e. The van der Waals surface area contributed by atoms with Crippen molar-refractivity contribution >= 4 is 24.1 Å². The summed E-state index contributed by atoms with van der Waals surface area (Å²) in [6.07, 6.45) is -2.10. The van der Waals surface area contributed by atoms with E-state index in [1.807, 2.05) is 91.9 Å². The number of hydrogen-bond acceptors (Lipinski definition) is 13. The first kappa shape index (κ1) is 50.0. The van der Waals surface area contributed by atoms with Gasteiger partial charge in [-0.3, -0.25) is 14.6 Å². The number of benzene rings is 4. The zero-order valence-corrected chi connectivity index (χ0v) is 38.4. The molecule has 17 heteroatoms. The van der Waals surface area contributed by atoms with Crippen LogP contribution in [0.5, 0.6) is 0 Å². The number of rotatable bonds is 15. The summed E-state index contributed by atoms with van der Waals surface area (Å²) < 4.78 is 34.0. The fourth-order valence-corrected chi connectivity index (χ4v) is 8.65. The molecule has 0 radical (unpaired) electrons. The molecule has 2 saturated heterocycles. The van der Waals surface area contributed by atoms with Crippen molar-refractivity contribution in [3.63, 3.8) is 0 Å². The highest BCUT2D eigenvalue weighted by Gasteiger charge is 2.42. The van der Waals surface area contributed by atoms with Crippen molar-refractivity contribution in [2.24, 2.45) is 5.73 Å². The lowest BCUT2D eigenvalue weighted by atomic mass is 9.98. The summed E-state index contributed by atoms with van der Waals surface area (Å²) in [7, 11) is 0. The van der Waals surface area contributed by atoms with E-state index in [9.17, 15) is 34.5 Å². The molecule has 0 aromatic heterocycles. The topological polar surface area (TPSA) is 251 Å². The van der Waals surface area contributed by atoms with E-state index in [0.29, 0.717) is 26.2 Å². The van der Waals surface area contributed by atoms with Crippen LogP contribution in [-0.2, 0) is 28.5 Å². The van der Waals surface area contributed by atoms with Crippen molar-refractivity contribution in [2.45, 2.75) is 69.2 Å². The first-order valence-corrected chi connectivity index (χ1v) is 22.9. The molecule has 17 nitrogen and oxygen atoms in total. The molecule has 3 amide bonds. The predicted octanol–water partition coefficient (Wildman–Crippen LogP) is 4.32. The zero-order chi connectivity index (χ0) is 50.6. The van der Waals surface area contributed by atoms with Crippen molar-refractivity contribution in [3.05, 3.63) is 119 Å². The van der Waals surface area contributed by atoms with Crippen LogP contribution in [0, 0.1) is 0 Å². The van der Waals surface area contributed by atoms with Crippen LogP contribution >= 0.6 is 0 Å². The predicted molar refractivity (Wildman–Crippen MR) is 254 cm³/mol. The van der Waals surface area contributed by atoms with Gasteiger partial charge in [0, 0.05) is 40.5 Å². The number of nitrogens with two attached hydrogens (primary N) is 1. The van der Waals surface area contributed by atoms with Gasteiger partial charge in [0.05, 0.1) is 64.9 Å². The third-order valence-corrected chi connectivity index (χ3v) is 11.6. The number of hydrogen-bond donors (Lipinski definition) is 7. The molecule has 4 aromatic rings. The number of aliphatic carboxylic acids is 1. The van der Waals surface area contributed by atoms with Gasteiger partial charge in [-0.15, -0.1) is 0 Å². The molecule has 2 fully saturated rings. The molecule has 8 N–H and O–H groups in total. The molecule has 1 unspecified atom stereocenters. The fourth-order valence-electron chi connectivity index (χ4n) is 8.65. The molecular weight excluding hydrogens is 877 g/mol. The molecule has 68 heavy (non-hydrogen) atoms. The van der Waals surface area contributed by atoms with E-state index in [4.69, 9.17) is 37.6 Å². The van der Waals surface area contributed by atoms with Crippen LogP contribution in [0.3, 0.4) is 0 Å². The number of ether oxygens (including phenoxy) is 4. The molecule has 5 atom stereocenters. The number of likely N-dealkylation sites (tertiary alicyclic amines) is 2. The van der Waals surface area contributed by atoms with Gasteiger partial charge in [-0.1, -0.05) is 117 Å². The van der Waals surface area contributed by atoms with Crippen molar-refractivity contribution in [3.8, 4) is 22.3 Å². The van der Waals surface area contributed by atoms with Crippen LogP contribution in [-0.4, -0.2) is 163 Å². The van der Waals surface area contributed by atoms with Crippen LogP contribution in [0.25, 0.3) is 22.3 Å². The molecule has 2 aliphatic carbocycles. The molecule has 0 spiro atoms. The number of carboxylic acids is 1. The Bertz CT molecular complexity index is 2210. The molecule has 368 valence electrons. The maximum Gasteiger partial charge on any atom is 0.410 e. The van der Waals surface area contributed by atoms with E-state index in [0.717, 1.165) is 49.4 Å². The van der Waals surface area contributed by atoms with E-state index in [-0.39, 0.29) is 89.9 Å². The standard InChI is InChI=1S/C24H28N2O6.C20H19NO5.C4H11NO2.C3H8/c27-10-12-31-11-9-25-23(29)22-13-16(28)14-26(22)24(30)32-15-21-19-7-3-1-5-17(19)18-6-2-4-8-20(18)21;22-12-9-18(19(23)24)21(10-12)20(25)26-11-17-15-7-3-1-5-13(15)14-6-2-4-8-16(14)17;5-1-3-7-4-2-6;1-3-2/h1-8,16,21-22,27-28H,9-15H2,(H,25,29);1-8,12,17-18,22H,9-11H2,(H,23,24);6H,1-5H2;3H2,1-2H3/t16-,22+;12-,18+;;/m11../s1/i;;;1TD. The number of carbonyl (C=O) groups is 4. The quantitative estimate of drug-likeness (QED) is 0.0821. The van der Waals surface area contributed by atoms with Crippen molar-refractivity contribution < 1.29 is 66.4 Å². The Kier molecular flexibility index (Phi) is 20.0. The Morgan fingerprint density at radius 3 is 1.44 bits per heavy atom. The average molecular weight is 946 g/mol. The summed E-state index contributed by atoms with van der Waals surface area (Å²) >= 11 is 0. The summed E-state index contributed by atoms with van der Waals surface area (Å²) in [5, 5.41) is 48.5. The Hall–Kier alpha value is -5.92. The minimum Gasteiger partial charge on any atom is -0.480 e. The molecule has 2 heterocycles. The number of aliphatic hydroxyl groups excluding tert-OH is 4. The number of nitrogens with zero attached hydrogens (tertiary/aromatic N) is 2. The second-order valence-electron chi connectivity index (χ2n) is 16.2. The molecule has 0 saturated carbocycles. The Morgan fingerprint density at radius 2 is 1.06 bits per heavy atom. The van der Waals surface area contributed by atoms with Crippen molar-refractivity contribution in [1.29, 1.82) is 0 Å². The highest BCUT2D eigenvalue weighted by atomic mass is 16.6. The third kappa shape index (κ3) is 13.8. The van der Waals surface area contributed by atoms with Gasteiger partial charge in [0.2, 0.25) is 5.91 Å². The summed E-state index contributed by atoms with van der Waals surface area (Å²) in [5.74, 6) is -1.64. The number of carbonyl (C=O) groups excluding carboxylic acids is 3. The maximum atomic E-state index is 12.9. The first-order valence-electron chi connectivity index (χ1n) is 24.0. The molecule has 0 bridgehead atoms. The van der Waals surface area contributed by atoms with Gasteiger partial charge in [-0.25, -0.2) is 14.4 Å². The van der Waals surface area contributed by atoms with Crippen LogP contribution < -0.4 is 11.1 Å². The Labute approximate surface area is 400 Å². The minimum atomic E-state index is -1.13. The highest BCUT2D eigenvalue weighted by molar-refractivity contribution is 5.87. The number of amides is 3. The second-order valence-corrected chi connectivity index (χ2v) is 16.2. The largest absolute Gasteiger partial charge is 0.480 e. The average Bonchev–Trinajstić information content (AvgIpc) is 4.14. The lowest BCUT2D eigenvalue weighted by molar-refractivity contribution is -0.141. The maximum absolute atomic E-state index is 12.9. The van der Waals surface area contributed by atoms with E-state index >= 15 is 0 Å². The SMILES string of the molecule is NCCOCCO.O=C(NCCOCCO)[C@@H]1C[C@@H](O)CN1C(=O)OCC1c2ccccc2-c2ccccc21.O=C(O)[C@@H]1C[C@@H](O)CN1C(=O)OCC1c2ccccc2-c2ccccc21.[2H]C([3H])CC. The number of nitrogens with one attached hydrogen (secondary N) is 1.